The lowest BCUT2D eigenvalue weighted by Gasteiger charge is -2.17. The quantitative estimate of drug-likeness (QED) is 0.701. The molecule has 18 heavy (non-hydrogen) atoms. The standard InChI is InChI=1S/C17H18O/c1-3-8-17(14-9-5-4-6-10-14)15-11-7-12-16(13-15)18-2/h3-7,9-13,17H,1,8H2,2H3. The van der Waals surface area contributed by atoms with Crippen LogP contribution in [-0.2, 0) is 0 Å². The summed E-state index contributed by atoms with van der Waals surface area (Å²) in [5, 5.41) is 0. The molecule has 1 nitrogen and oxygen atoms in total. The van der Waals surface area contributed by atoms with E-state index in [1.165, 1.54) is 11.1 Å². The highest BCUT2D eigenvalue weighted by Gasteiger charge is 2.12. The molecule has 0 aromatic heterocycles. The first kappa shape index (κ1) is 12.4. The fourth-order valence-electron chi connectivity index (χ4n) is 2.17. The van der Waals surface area contributed by atoms with Crippen LogP contribution in [0.25, 0.3) is 0 Å². The Bertz CT molecular complexity index is 502. The number of rotatable bonds is 5. The summed E-state index contributed by atoms with van der Waals surface area (Å²) in [6, 6.07) is 18.8. The van der Waals surface area contributed by atoms with Gasteiger partial charge in [0.25, 0.3) is 0 Å². The third kappa shape index (κ3) is 2.80. The molecule has 1 unspecified atom stereocenters. The molecule has 0 fully saturated rings. The van der Waals surface area contributed by atoms with E-state index in [4.69, 9.17) is 4.74 Å². The predicted octanol–water partition coefficient (Wildman–Crippen LogP) is 4.40. The van der Waals surface area contributed by atoms with Crippen molar-refractivity contribution in [3.05, 3.63) is 78.4 Å². The average Bonchev–Trinajstić information content (AvgIpc) is 2.46. The maximum atomic E-state index is 5.29. The third-order valence-corrected chi connectivity index (χ3v) is 3.10. The summed E-state index contributed by atoms with van der Waals surface area (Å²) in [7, 11) is 1.70. The molecule has 0 saturated carbocycles. The zero-order valence-corrected chi connectivity index (χ0v) is 10.7. The van der Waals surface area contributed by atoms with Crippen molar-refractivity contribution in [3.63, 3.8) is 0 Å². The number of hydrogen-bond donors (Lipinski definition) is 0. The van der Waals surface area contributed by atoms with E-state index in [0.717, 1.165) is 12.2 Å². The smallest absolute Gasteiger partial charge is 0.119 e. The van der Waals surface area contributed by atoms with Crippen LogP contribution in [0.2, 0.25) is 0 Å². The molecule has 2 aromatic rings. The van der Waals surface area contributed by atoms with Crippen molar-refractivity contribution in [1.82, 2.24) is 0 Å². The zero-order valence-electron chi connectivity index (χ0n) is 10.7. The van der Waals surface area contributed by atoms with Crippen LogP contribution in [0.3, 0.4) is 0 Å². The van der Waals surface area contributed by atoms with Crippen LogP contribution in [0.1, 0.15) is 23.5 Å². The first-order chi connectivity index (χ1) is 8.85. The monoisotopic (exact) mass is 238 g/mol. The molecule has 92 valence electrons. The van der Waals surface area contributed by atoms with Crippen molar-refractivity contribution in [3.8, 4) is 5.75 Å². The SMILES string of the molecule is C=CCC(c1ccccc1)c1cccc(OC)c1. The third-order valence-electron chi connectivity index (χ3n) is 3.10. The van der Waals surface area contributed by atoms with Crippen LogP contribution in [0.4, 0.5) is 0 Å². The van der Waals surface area contributed by atoms with Crippen molar-refractivity contribution < 1.29 is 4.74 Å². The largest absolute Gasteiger partial charge is 0.497 e. The molecule has 2 aromatic carbocycles. The molecular formula is C17H18O. The molecule has 2 rings (SSSR count). The molecule has 1 atom stereocenters. The van der Waals surface area contributed by atoms with Gasteiger partial charge in [-0.15, -0.1) is 6.58 Å². The average molecular weight is 238 g/mol. The molecule has 1 heteroatoms. The molecule has 0 spiro atoms. The van der Waals surface area contributed by atoms with E-state index < -0.39 is 0 Å². The molecule has 0 amide bonds. The van der Waals surface area contributed by atoms with Gasteiger partial charge in [0, 0.05) is 5.92 Å². The molecule has 0 saturated heterocycles. The van der Waals surface area contributed by atoms with Gasteiger partial charge in [-0.2, -0.15) is 0 Å². The normalized spacial score (nSPS) is 11.8. The second-order valence-electron chi connectivity index (χ2n) is 4.26. The Labute approximate surface area is 109 Å². The van der Waals surface area contributed by atoms with Crippen molar-refractivity contribution >= 4 is 0 Å². The van der Waals surface area contributed by atoms with Gasteiger partial charge >= 0.3 is 0 Å². The van der Waals surface area contributed by atoms with E-state index in [1.54, 1.807) is 7.11 Å². The highest BCUT2D eigenvalue weighted by atomic mass is 16.5. The fourth-order valence-corrected chi connectivity index (χ4v) is 2.17. The zero-order chi connectivity index (χ0) is 12.8. The van der Waals surface area contributed by atoms with Crippen molar-refractivity contribution in [2.45, 2.75) is 12.3 Å². The van der Waals surface area contributed by atoms with Crippen molar-refractivity contribution in [2.24, 2.45) is 0 Å². The maximum absolute atomic E-state index is 5.29. The van der Waals surface area contributed by atoms with Gasteiger partial charge < -0.3 is 4.74 Å². The Morgan fingerprint density at radius 1 is 1.06 bits per heavy atom. The lowest BCUT2D eigenvalue weighted by Crippen LogP contribution is -2.00. The Balaban J connectivity index is 2.38. The topological polar surface area (TPSA) is 9.23 Å². The van der Waals surface area contributed by atoms with Gasteiger partial charge in [0.2, 0.25) is 0 Å². The summed E-state index contributed by atoms with van der Waals surface area (Å²) >= 11 is 0. The molecule has 0 bridgehead atoms. The van der Waals surface area contributed by atoms with E-state index in [-0.39, 0.29) is 0 Å². The van der Waals surface area contributed by atoms with Crippen LogP contribution in [0, 0.1) is 0 Å². The van der Waals surface area contributed by atoms with Gasteiger partial charge in [-0.1, -0.05) is 48.5 Å². The predicted molar refractivity (Wildman–Crippen MR) is 76.1 cm³/mol. The Morgan fingerprint density at radius 2 is 1.78 bits per heavy atom. The number of allylic oxidation sites excluding steroid dienone is 1. The van der Waals surface area contributed by atoms with Gasteiger partial charge in [0.1, 0.15) is 5.75 Å². The lowest BCUT2D eigenvalue weighted by atomic mass is 9.88. The maximum Gasteiger partial charge on any atom is 0.119 e. The summed E-state index contributed by atoms with van der Waals surface area (Å²) in [6.07, 6.45) is 2.90. The Morgan fingerprint density at radius 3 is 2.44 bits per heavy atom. The van der Waals surface area contributed by atoms with Crippen LogP contribution >= 0.6 is 0 Å². The molecule has 0 heterocycles. The number of hydrogen-bond acceptors (Lipinski definition) is 1. The molecule has 0 aliphatic rings. The summed E-state index contributed by atoms with van der Waals surface area (Å²) in [5.74, 6) is 1.25. The second-order valence-corrected chi connectivity index (χ2v) is 4.26. The summed E-state index contributed by atoms with van der Waals surface area (Å²) < 4.78 is 5.29. The minimum Gasteiger partial charge on any atom is -0.497 e. The minimum atomic E-state index is 0.346. The van der Waals surface area contributed by atoms with E-state index in [0.29, 0.717) is 5.92 Å². The van der Waals surface area contributed by atoms with E-state index >= 15 is 0 Å². The fraction of sp³-hybridized carbons (Fsp3) is 0.176. The van der Waals surface area contributed by atoms with Gasteiger partial charge in [0.05, 0.1) is 7.11 Å². The highest BCUT2D eigenvalue weighted by molar-refractivity contribution is 5.37. The van der Waals surface area contributed by atoms with Gasteiger partial charge in [-0.25, -0.2) is 0 Å². The van der Waals surface area contributed by atoms with Crippen molar-refractivity contribution in [1.29, 1.82) is 0 Å². The highest BCUT2D eigenvalue weighted by Crippen LogP contribution is 2.30. The molecule has 0 radical (unpaired) electrons. The van der Waals surface area contributed by atoms with Gasteiger partial charge in [-0.05, 0) is 29.7 Å². The van der Waals surface area contributed by atoms with Crippen molar-refractivity contribution in [2.75, 3.05) is 7.11 Å². The van der Waals surface area contributed by atoms with E-state index in [2.05, 4.69) is 43.0 Å². The van der Waals surface area contributed by atoms with Crippen LogP contribution in [0.15, 0.2) is 67.3 Å². The Kier molecular flexibility index (Phi) is 4.19. The molecule has 0 N–H and O–H groups in total. The number of benzene rings is 2. The summed E-state index contributed by atoms with van der Waals surface area (Å²) in [4.78, 5) is 0. The lowest BCUT2D eigenvalue weighted by molar-refractivity contribution is 0.414. The van der Waals surface area contributed by atoms with E-state index in [9.17, 15) is 0 Å². The number of methoxy groups -OCH3 is 1. The van der Waals surface area contributed by atoms with Gasteiger partial charge in [0.15, 0.2) is 0 Å². The van der Waals surface area contributed by atoms with Crippen LogP contribution in [-0.4, -0.2) is 7.11 Å². The minimum absolute atomic E-state index is 0.346. The second kappa shape index (κ2) is 6.06. The van der Waals surface area contributed by atoms with Crippen LogP contribution < -0.4 is 4.74 Å². The Hall–Kier alpha value is -2.02. The first-order valence-electron chi connectivity index (χ1n) is 6.15. The molecular weight excluding hydrogens is 220 g/mol. The number of ether oxygens (including phenoxy) is 1. The van der Waals surface area contributed by atoms with E-state index in [1.807, 2.05) is 24.3 Å². The first-order valence-corrected chi connectivity index (χ1v) is 6.15. The van der Waals surface area contributed by atoms with Gasteiger partial charge in [-0.3, -0.25) is 0 Å². The molecule has 0 aliphatic heterocycles. The van der Waals surface area contributed by atoms with Crippen LogP contribution in [0.5, 0.6) is 5.75 Å². The summed E-state index contributed by atoms with van der Waals surface area (Å²) in [5.41, 5.74) is 2.58. The molecule has 0 aliphatic carbocycles. The summed E-state index contributed by atoms with van der Waals surface area (Å²) in [6.45, 7) is 3.86.